The Kier molecular flexibility index (Phi) is 4.91. The molecule has 0 aliphatic rings. The number of aromatic nitrogens is 2. The van der Waals surface area contributed by atoms with Crippen molar-refractivity contribution in [2.24, 2.45) is 0 Å². The Bertz CT molecular complexity index is 932. The van der Waals surface area contributed by atoms with Gasteiger partial charge in [-0.05, 0) is 13.8 Å². The lowest BCUT2D eigenvalue weighted by molar-refractivity contribution is 0.0605. The smallest absolute Gasteiger partial charge is 0.350 e. The Morgan fingerprint density at radius 1 is 1.00 bits per heavy atom. The molecule has 2 heterocycles. The first-order chi connectivity index (χ1) is 12.0. The van der Waals surface area contributed by atoms with Crippen LogP contribution < -0.4 is 5.32 Å². The standard InChI is InChI=1S/C17H15N3O3S2/c1-9-12(24-15(18-9)11-7-5-4-6-8-11)14(21)20-17-19-10(2)13(25-17)16(22)23-3/h4-8H,1-3H3,(H,19,20,21). The van der Waals surface area contributed by atoms with Crippen molar-refractivity contribution in [1.82, 2.24) is 9.97 Å². The van der Waals surface area contributed by atoms with Gasteiger partial charge in [0.25, 0.3) is 5.91 Å². The summed E-state index contributed by atoms with van der Waals surface area (Å²) < 4.78 is 4.70. The van der Waals surface area contributed by atoms with E-state index in [4.69, 9.17) is 4.74 Å². The number of methoxy groups -OCH3 is 1. The third-order valence-corrected chi connectivity index (χ3v) is 5.67. The highest BCUT2D eigenvalue weighted by molar-refractivity contribution is 7.18. The van der Waals surface area contributed by atoms with E-state index in [-0.39, 0.29) is 5.91 Å². The van der Waals surface area contributed by atoms with Gasteiger partial charge in [0.05, 0.1) is 18.5 Å². The number of aryl methyl sites for hydroxylation is 2. The molecule has 0 atom stereocenters. The minimum absolute atomic E-state index is 0.289. The molecule has 0 spiro atoms. The van der Waals surface area contributed by atoms with E-state index in [1.165, 1.54) is 18.4 Å². The molecule has 3 aromatic rings. The highest BCUT2D eigenvalue weighted by atomic mass is 32.1. The topological polar surface area (TPSA) is 81.2 Å². The van der Waals surface area contributed by atoms with Crippen molar-refractivity contribution in [3.63, 3.8) is 0 Å². The first-order valence-corrected chi connectivity index (χ1v) is 9.03. The fourth-order valence-corrected chi connectivity index (χ4v) is 4.04. The lowest BCUT2D eigenvalue weighted by atomic mass is 10.2. The molecule has 0 unspecified atom stereocenters. The minimum atomic E-state index is -0.462. The molecule has 25 heavy (non-hydrogen) atoms. The molecule has 0 aliphatic carbocycles. The number of nitrogens with zero attached hydrogens (tertiary/aromatic N) is 2. The van der Waals surface area contributed by atoms with Gasteiger partial charge in [-0.15, -0.1) is 11.3 Å². The monoisotopic (exact) mass is 373 g/mol. The van der Waals surface area contributed by atoms with Gasteiger partial charge in [-0.25, -0.2) is 14.8 Å². The number of hydrogen-bond donors (Lipinski definition) is 1. The van der Waals surface area contributed by atoms with Gasteiger partial charge in [0.1, 0.15) is 14.8 Å². The van der Waals surface area contributed by atoms with Gasteiger partial charge in [0.15, 0.2) is 5.13 Å². The zero-order chi connectivity index (χ0) is 18.0. The molecule has 2 aromatic heterocycles. The number of nitrogens with one attached hydrogen (secondary N) is 1. The van der Waals surface area contributed by atoms with Crippen LogP contribution in [0, 0.1) is 13.8 Å². The molecule has 6 nitrogen and oxygen atoms in total. The molecule has 0 fully saturated rings. The number of carbonyl (C=O) groups excluding carboxylic acids is 2. The first kappa shape index (κ1) is 17.2. The maximum Gasteiger partial charge on any atom is 0.350 e. The van der Waals surface area contributed by atoms with Crippen LogP contribution in [0.3, 0.4) is 0 Å². The number of thiazole rings is 2. The zero-order valence-electron chi connectivity index (χ0n) is 13.8. The lowest BCUT2D eigenvalue weighted by Crippen LogP contribution is -2.11. The van der Waals surface area contributed by atoms with E-state index in [9.17, 15) is 9.59 Å². The zero-order valence-corrected chi connectivity index (χ0v) is 15.5. The van der Waals surface area contributed by atoms with Crippen LogP contribution in [-0.2, 0) is 4.74 Å². The molecular formula is C17H15N3O3S2. The molecular weight excluding hydrogens is 358 g/mol. The summed E-state index contributed by atoms with van der Waals surface area (Å²) >= 11 is 2.41. The largest absolute Gasteiger partial charge is 0.465 e. The molecule has 8 heteroatoms. The molecule has 0 radical (unpaired) electrons. The SMILES string of the molecule is COC(=O)c1sc(NC(=O)c2sc(-c3ccccc3)nc2C)nc1C. The summed E-state index contributed by atoms with van der Waals surface area (Å²) in [5.41, 5.74) is 2.15. The van der Waals surface area contributed by atoms with Gasteiger partial charge in [0, 0.05) is 5.56 Å². The third-order valence-electron chi connectivity index (χ3n) is 3.41. The van der Waals surface area contributed by atoms with E-state index in [2.05, 4.69) is 15.3 Å². The third kappa shape index (κ3) is 3.59. The van der Waals surface area contributed by atoms with Gasteiger partial charge in [-0.1, -0.05) is 41.7 Å². The Balaban J connectivity index is 1.83. The average Bonchev–Trinajstić information content (AvgIpc) is 3.17. The summed E-state index contributed by atoms with van der Waals surface area (Å²) in [6, 6.07) is 9.69. The number of carbonyl (C=O) groups is 2. The molecule has 0 saturated carbocycles. The molecule has 0 bridgehead atoms. The van der Waals surface area contributed by atoms with E-state index < -0.39 is 5.97 Å². The number of ether oxygens (including phenoxy) is 1. The minimum Gasteiger partial charge on any atom is -0.465 e. The maximum atomic E-state index is 12.5. The molecule has 1 N–H and O–H groups in total. The fraction of sp³-hybridized carbons (Fsp3) is 0.176. The van der Waals surface area contributed by atoms with Crippen LogP contribution in [0.2, 0.25) is 0 Å². The number of rotatable bonds is 4. The van der Waals surface area contributed by atoms with Crippen molar-refractivity contribution in [3.05, 3.63) is 51.5 Å². The molecule has 128 valence electrons. The predicted molar refractivity (Wildman–Crippen MR) is 98.4 cm³/mol. The second-order valence-corrected chi connectivity index (χ2v) is 7.18. The summed E-state index contributed by atoms with van der Waals surface area (Å²) in [6.45, 7) is 3.49. The number of anilines is 1. The predicted octanol–water partition coefficient (Wildman–Crippen LogP) is 3.92. The van der Waals surface area contributed by atoms with Crippen LogP contribution in [0.15, 0.2) is 30.3 Å². The Hall–Kier alpha value is -2.58. The van der Waals surface area contributed by atoms with Crippen LogP contribution in [0.25, 0.3) is 10.6 Å². The summed E-state index contributed by atoms with van der Waals surface area (Å²) in [5.74, 6) is -0.752. The van der Waals surface area contributed by atoms with Crippen LogP contribution in [-0.4, -0.2) is 29.0 Å². The number of esters is 1. The Morgan fingerprint density at radius 2 is 1.68 bits per heavy atom. The van der Waals surface area contributed by atoms with Gasteiger partial charge >= 0.3 is 5.97 Å². The van der Waals surface area contributed by atoms with E-state index in [0.717, 1.165) is 21.9 Å². The van der Waals surface area contributed by atoms with E-state index in [1.54, 1.807) is 13.8 Å². The van der Waals surface area contributed by atoms with Gasteiger partial charge in [-0.3, -0.25) is 10.1 Å². The summed E-state index contributed by atoms with van der Waals surface area (Å²) in [7, 11) is 1.31. The molecule has 1 aromatic carbocycles. The average molecular weight is 373 g/mol. The quantitative estimate of drug-likeness (QED) is 0.701. The second kappa shape index (κ2) is 7.12. The maximum absolute atomic E-state index is 12.5. The number of hydrogen-bond acceptors (Lipinski definition) is 7. The van der Waals surface area contributed by atoms with Crippen molar-refractivity contribution in [1.29, 1.82) is 0 Å². The van der Waals surface area contributed by atoms with Gasteiger partial charge < -0.3 is 4.74 Å². The van der Waals surface area contributed by atoms with Crippen LogP contribution in [0.5, 0.6) is 0 Å². The van der Waals surface area contributed by atoms with E-state index in [0.29, 0.717) is 26.3 Å². The molecule has 0 aliphatic heterocycles. The van der Waals surface area contributed by atoms with Crippen LogP contribution >= 0.6 is 22.7 Å². The summed E-state index contributed by atoms with van der Waals surface area (Å²) in [4.78, 5) is 33.8. The summed E-state index contributed by atoms with van der Waals surface area (Å²) in [6.07, 6.45) is 0. The second-order valence-electron chi connectivity index (χ2n) is 5.18. The highest BCUT2D eigenvalue weighted by Gasteiger charge is 2.20. The number of amides is 1. The number of benzene rings is 1. The molecule has 3 rings (SSSR count). The van der Waals surface area contributed by atoms with Crippen LogP contribution in [0.4, 0.5) is 5.13 Å². The van der Waals surface area contributed by atoms with Crippen molar-refractivity contribution in [2.45, 2.75) is 13.8 Å². The van der Waals surface area contributed by atoms with Crippen molar-refractivity contribution >= 4 is 39.7 Å². The highest BCUT2D eigenvalue weighted by Crippen LogP contribution is 2.29. The van der Waals surface area contributed by atoms with Crippen molar-refractivity contribution in [2.75, 3.05) is 12.4 Å². The van der Waals surface area contributed by atoms with Crippen molar-refractivity contribution < 1.29 is 14.3 Å². The Morgan fingerprint density at radius 3 is 2.36 bits per heavy atom. The fourth-order valence-electron chi connectivity index (χ4n) is 2.20. The first-order valence-electron chi connectivity index (χ1n) is 7.39. The van der Waals surface area contributed by atoms with Gasteiger partial charge in [0.2, 0.25) is 0 Å². The molecule has 1 amide bonds. The van der Waals surface area contributed by atoms with Crippen LogP contribution in [0.1, 0.15) is 30.7 Å². The van der Waals surface area contributed by atoms with Crippen molar-refractivity contribution in [3.8, 4) is 10.6 Å². The Labute approximate surface area is 152 Å². The van der Waals surface area contributed by atoms with E-state index >= 15 is 0 Å². The molecule has 0 saturated heterocycles. The normalized spacial score (nSPS) is 10.5. The van der Waals surface area contributed by atoms with Gasteiger partial charge in [-0.2, -0.15) is 0 Å². The lowest BCUT2D eigenvalue weighted by Gasteiger charge is -1.98. The van der Waals surface area contributed by atoms with E-state index in [1.807, 2.05) is 30.3 Å². The summed E-state index contributed by atoms with van der Waals surface area (Å²) in [5, 5.41) is 3.88.